The van der Waals surface area contributed by atoms with E-state index in [0.29, 0.717) is 17.7 Å². The van der Waals surface area contributed by atoms with Gasteiger partial charge in [-0.3, -0.25) is 19.8 Å². The maximum Gasteiger partial charge on any atom is 0.416 e. The average Bonchev–Trinajstić information content (AvgIpc) is 3.16. The number of amides is 1. The van der Waals surface area contributed by atoms with E-state index < -0.39 is 45.7 Å². The lowest BCUT2D eigenvalue weighted by atomic mass is 10.1. The zero-order valence-electron chi connectivity index (χ0n) is 19.9. The Labute approximate surface area is 231 Å². The number of alkyl halides is 6. The highest BCUT2D eigenvalue weighted by atomic mass is 32.2. The minimum atomic E-state index is -4.80. The molecule has 40 heavy (non-hydrogen) atoms. The van der Waals surface area contributed by atoms with E-state index in [0.717, 1.165) is 40.9 Å². The molecule has 4 rings (SSSR count). The number of carbonyl (C=O) groups excluding carboxylic acids is 1. The van der Waals surface area contributed by atoms with E-state index in [2.05, 4.69) is 0 Å². The molecule has 0 spiro atoms. The highest BCUT2D eigenvalue weighted by Gasteiger charge is 2.36. The molecule has 1 aliphatic rings. The summed E-state index contributed by atoms with van der Waals surface area (Å²) in [4.78, 5) is 24.4. The first kappa shape index (κ1) is 28.9. The van der Waals surface area contributed by atoms with E-state index in [9.17, 15) is 41.3 Å². The van der Waals surface area contributed by atoms with Crippen LogP contribution in [0.2, 0.25) is 0 Å². The van der Waals surface area contributed by atoms with Gasteiger partial charge in [-0.25, -0.2) is 0 Å². The van der Waals surface area contributed by atoms with Crippen molar-refractivity contribution in [3.05, 3.63) is 92.4 Å². The lowest BCUT2D eigenvalue weighted by molar-refractivity contribution is -0.385. The largest absolute Gasteiger partial charge is 0.493 e. The number of ether oxygens (including phenoxy) is 2. The summed E-state index contributed by atoms with van der Waals surface area (Å²) in [6.07, 6.45) is -8.02. The van der Waals surface area contributed by atoms with E-state index in [1.807, 2.05) is 0 Å². The second-order valence-corrected chi connectivity index (χ2v) is 9.69. The average molecular weight is 601 g/mol. The zero-order valence-corrected chi connectivity index (χ0v) is 21.5. The summed E-state index contributed by atoms with van der Waals surface area (Å²) in [5.74, 6) is -1.17. The van der Waals surface area contributed by atoms with E-state index in [1.54, 1.807) is 0 Å². The van der Waals surface area contributed by atoms with Gasteiger partial charge in [0.15, 0.2) is 15.8 Å². The number of nitrogens with zero attached hydrogens (tertiary/aromatic N) is 2. The molecule has 208 valence electrons. The molecule has 0 radical (unpaired) electrons. The third-order valence-corrected chi connectivity index (χ3v) is 6.72. The number of methoxy groups -OCH3 is 1. The highest BCUT2D eigenvalue weighted by Crippen LogP contribution is 2.42. The van der Waals surface area contributed by atoms with Crippen molar-refractivity contribution in [2.75, 3.05) is 12.0 Å². The van der Waals surface area contributed by atoms with Gasteiger partial charge in [-0.05, 0) is 54.1 Å². The number of nitro benzene ring substituents is 1. The van der Waals surface area contributed by atoms with E-state index in [-0.39, 0.29) is 26.4 Å². The molecule has 1 heterocycles. The van der Waals surface area contributed by atoms with Gasteiger partial charge in [0.25, 0.3) is 5.91 Å². The number of hydrogen-bond acceptors (Lipinski definition) is 7. The number of rotatable bonds is 6. The molecule has 7 nitrogen and oxygen atoms in total. The second kappa shape index (κ2) is 10.8. The molecular weight excluding hydrogens is 586 g/mol. The number of thiocarbonyl (C=S) groups is 1. The molecule has 0 saturated carbocycles. The molecule has 0 bridgehead atoms. The highest BCUT2D eigenvalue weighted by molar-refractivity contribution is 8.27. The van der Waals surface area contributed by atoms with Crippen LogP contribution in [0.5, 0.6) is 17.2 Å². The van der Waals surface area contributed by atoms with Gasteiger partial charge >= 0.3 is 18.0 Å². The van der Waals surface area contributed by atoms with Crippen molar-refractivity contribution in [2.45, 2.75) is 12.4 Å². The Morgan fingerprint density at radius 2 is 1.57 bits per heavy atom. The first-order valence-corrected chi connectivity index (χ1v) is 12.1. The van der Waals surface area contributed by atoms with Crippen LogP contribution in [0.15, 0.2) is 65.6 Å². The van der Waals surface area contributed by atoms with Crippen LogP contribution in [0.3, 0.4) is 0 Å². The van der Waals surface area contributed by atoms with Crippen molar-refractivity contribution < 1.29 is 45.5 Å². The summed E-state index contributed by atoms with van der Waals surface area (Å²) in [6, 6.07) is 10.1. The maximum atomic E-state index is 13.1. The molecule has 15 heteroatoms. The summed E-state index contributed by atoms with van der Waals surface area (Å²) in [5.41, 5.74) is -2.77. The van der Waals surface area contributed by atoms with Crippen LogP contribution in [-0.2, 0) is 17.1 Å². The zero-order chi connectivity index (χ0) is 29.4. The minimum Gasteiger partial charge on any atom is -0.493 e. The van der Waals surface area contributed by atoms with Crippen LogP contribution < -0.4 is 14.4 Å². The number of hydrogen-bond donors (Lipinski definition) is 0. The molecule has 0 N–H and O–H groups in total. The Morgan fingerprint density at radius 3 is 2.20 bits per heavy atom. The van der Waals surface area contributed by atoms with Gasteiger partial charge in [0.05, 0.1) is 33.8 Å². The fourth-order valence-electron chi connectivity index (χ4n) is 3.56. The van der Waals surface area contributed by atoms with Gasteiger partial charge in [-0.15, -0.1) is 0 Å². The first-order valence-electron chi connectivity index (χ1n) is 10.9. The van der Waals surface area contributed by atoms with Crippen molar-refractivity contribution in [1.29, 1.82) is 0 Å². The predicted octanol–water partition coefficient (Wildman–Crippen LogP) is 7.84. The summed E-state index contributed by atoms with van der Waals surface area (Å²) < 4.78 is 89.1. The van der Waals surface area contributed by atoms with Gasteiger partial charge in [0.2, 0.25) is 5.75 Å². The Hall–Kier alpha value is -4.11. The van der Waals surface area contributed by atoms with Crippen LogP contribution in [0.4, 0.5) is 37.7 Å². The Morgan fingerprint density at radius 1 is 0.925 bits per heavy atom. The number of nitro groups is 1. The minimum absolute atomic E-state index is 0.0112. The van der Waals surface area contributed by atoms with Crippen LogP contribution in [0, 0.1) is 10.1 Å². The fraction of sp³-hybridized carbons (Fsp3) is 0.120. The van der Waals surface area contributed by atoms with Crippen LogP contribution in [-0.4, -0.2) is 22.3 Å². The smallest absolute Gasteiger partial charge is 0.416 e. The number of anilines is 1. The van der Waals surface area contributed by atoms with Crippen LogP contribution >= 0.6 is 24.0 Å². The molecular formula is C25H14F6N2O5S2. The Kier molecular flexibility index (Phi) is 7.81. The number of carbonyl (C=O) groups is 1. The number of thioether (sulfide) groups is 1. The lowest BCUT2D eigenvalue weighted by Gasteiger charge is -2.16. The van der Waals surface area contributed by atoms with Crippen LogP contribution in [0.1, 0.15) is 16.7 Å². The molecule has 0 aromatic heterocycles. The van der Waals surface area contributed by atoms with E-state index in [1.165, 1.54) is 37.5 Å². The topological polar surface area (TPSA) is 81.9 Å². The van der Waals surface area contributed by atoms with Crippen molar-refractivity contribution in [1.82, 2.24) is 0 Å². The molecule has 1 aliphatic heterocycles. The summed E-state index contributed by atoms with van der Waals surface area (Å²) in [6.45, 7) is 0. The monoisotopic (exact) mass is 600 g/mol. The molecule has 1 amide bonds. The van der Waals surface area contributed by atoms with Gasteiger partial charge in [-0.2, -0.15) is 26.3 Å². The normalized spacial score (nSPS) is 15.1. The molecule has 3 aromatic rings. The first-order chi connectivity index (χ1) is 18.7. The van der Waals surface area contributed by atoms with Crippen LogP contribution in [0.25, 0.3) is 6.08 Å². The molecule has 3 aromatic carbocycles. The van der Waals surface area contributed by atoms with Crippen molar-refractivity contribution >= 4 is 51.7 Å². The lowest BCUT2D eigenvalue weighted by Crippen LogP contribution is -2.27. The van der Waals surface area contributed by atoms with Crippen molar-refractivity contribution in [2.24, 2.45) is 0 Å². The van der Waals surface area contributed by atoms with Crippen molar-refractivity contribution in [3.8, 4) is 17.2 Å². The van der Waals surface area contributed by atoms with Gasteiger partial charge < -0.3 is 9.47 Å². The predicted molar refractivity (Wildman–Crippen MR) is 138 cm³/mol. The third kappa shape index (κ3) is 6.04. The SMILES string of the molecule is COc1cc(/C=C2\SC(=S)N(c3cccc(C(F)(F)F)c3)C2=O)ccc1Oc1ccc(C(F)(F)F)cc1[N+](=O)[O-]. The Balaban J connectivity index is 1.62. The molecule has 1 saturated heterocycles. The molecule has 0 unspecified atom stereocenters. The van der Waals surface area contributed by atoms with Gasteiger partial charge in [-0.1, -0.05) is 36.1 Å². The van der Waals surface area contributed by atoms with E-state index >= 15 is 0 Å². The molecule has 1 fully saturated rings. The van der Waals surface area contributed by atoms with E-state index in [4.69, 9.17) is 21.7 Å². The molecule has 0 aliphatic carbocycles. The van der Waals surface area contributed by atoms with Gasteiger partial charge in [0.1, 0.15) is 0 Å². The summed E-state index contributed by atoms with van der Waals surface area (Å²) in [7, 11) is 1.25. The third-order valence-electron chi connectivity index (χ3n) is 5.41. The second-order valence-electron chi connectivity index (χ2n) is 8.01. The maximum absolute atomic E-state index is 13.1. The summed E-state index contributed by atoms with van der Waals surface area (Å²) in [5, 5.41) is 11.4. The Bertz CT molecular complexity index is 1560. The van der Waals surface area contributed by atoms with Crippen molar-refractivity contribution in [3.63, 3.8) is 0 Å². The standard InChI is InChI=1S/C25H14F6N2O5S2/c1-37-20-9-13(5-7-19(20)38-18-8-6-15(25(29,30)31)12-17(18)33(35)36)10-21-22(34)32(23(39)40-21)16-4-2-3-14(11-16)24(26,27)28/h2-12H,1H3/b21-10-. The molecule has 0 atom stereocenters. The quantitative estimate of drug-likeness (QED) is 0.0938. The fourth-order valence-corrected chi connectivity index (χ4v) is 4.86. The number of halogens is 6. The summed E-state index contributed by atoms with van der Waals surface area (Å²) >= 11 is 6.08. The number of benzene rings is 3. The van der Waals surface area contributed by atoms with Gasteiger partial charge in [0, 0.05) is 6.07 Å².